The van der Waals surface area contributed by atoms with Crippen LogP contribution in [0.25, 0.3) is 0 Å². The SMILES string of the molecule is CCCCCCCCCCC1(C(=O)N[C@H]2CCCC[C@@H]2OC(=O)CCNC(=O)C(O)C(C)(C)CO)CCC1. The molecule has 2 aliphatic rings. The van der Waals surface area contributed by atoms with Crippen LogP contribution in [-0.2, 0) is 19.1 Å². The molecule has 8 heteroatoms. The Morgan fingerprint density at radius 3 is 2.21 bits per heavy atom. The molecule has 2 aliphatic carbocycles. The summed E-state index contributed by atoms with van der Waals surface area (Å²) in [5.74, 6) is -0.918. The Balaban J connectivity index is 1.75. The molecule has 0 bridgehead atoms. The lowest BCUT2D eigenvalue weighted by atomic mass is 9.65. The van der Waals surface area contributed by atoms with Crippen LogP contribution in [0.4, 0.5) is 0 Å². The van der Waals surface area contributed by atoms with E-state index in [1.165, 1.54) is 44.9 Å². The standard InChI is InChI=1S/C30H54N2O6/c1-4-5-6-7-8-9-10-13-18-30(19-14-20-30)28(37)32-23-15-11-12-16-24(23)38-25(34)17-21-31-27(36)26(35)29(2,3)22-33/h23-24,26,33,35H,4-22H2,1-3H3,(H,31,36)(H,32,37)/t23-,24-,26?/m0/s1. The van der Waals surface area contributed by atoms with E-state index in [1.54, 1.807) is 13.8 Å². The van der Waals surface area contributed by atoms with Crippen molar-refractivity contribution >= 4 is 17.8 Å². The monoisotopic (exact) mass is 538 g/mol. The summed E-state index contributed by atoms with van der Waals surface area (Å²) in [5.41, 5.74) is -1.22. The first kappa shape index (κ1) is 32.5. The van der Waals surface area contributed by atoms with Gasteiger partial charge < -0.3 is 25.6 Å². The molecule has 0 aromatic rings. The molecule has 2 amide bonds. The molecular formula is C30H54N2O6. The van der Waals surface area contributed by atoms with E-state index >= 15 is 0 Å². The average molecular weight is 539 g/mol. The Labute approximate surface area is 230 Å². The number of nitrogens with one attached hydrogen (secondary N) is 2. The Bertz CT molecular complexity index is 736. The molecule has 4 N–H and O–H groups in total. The van der Waals surface area contributed by atoms with Crippen LogP contribution in [0, 0.1) is 10.8 Å². The van der Waals surface area contributed by atoms with Crippen molar-refractivity contribution in [3.63, 3.8) is 0 Å². The van der Waals surface area contributed by atoms with Gasteiger partial charge in [-0.25, -0.2) is 0 Å². The van der Waals surface area contributed by atoms with Gasteiger partial charge in [-0.1, -0.05) is 85.0 Å². The third kappa shape index (κ3) is 10.1. The Hall–Kier alpha value is -1.67. The van der Waals surface area contributed by atoms with Gasteiger partial charge in [-0.2, -0.15) is 0 Å². The molecule has 38 heavy (non-hydrogen) atoms. The minimum absolute atomic E-state index is 0.0163. The van der Waals surface area contributed by atoms with Gasteiger partial charge in [0.1, 0.15) is 12.2 Å². The van der Waals surface area contributed by atoms with Crippen molar-refractivity contribution in [1.82, 2.24) is 10.6 Å². The van der Waals surface area contributed by atoms with Crippen LogP contribution >= 0.6 is 0 Å². The predicted octanol–water partition coefficient (Wildman–Crippen LogP) is 4.54. The highest BCUT2D eigenvalue weighted by Gasteiger charge is 2.45. The van der Waals surface area contributed by atoms with Gasteiger partial charge in [0, 0.05) is 17.4 Å². The number of rotatable bonds is 18. The lowest BCUT2D eigenvalue weighted by Crippen LogP contribution is -2.54. The molecule has 8 nitrogen and oxygen atoms in total. The molecule has 0 radical (unpaired) electrons. The van der Waals surface area contributed by atoms with E-state index in [4.69, 9.17) is 4.74 Å². The highest BCUT2D eigenvalue weighted by atomic mass is 16.5. The maximum Gasteiger partial charge on any atom is 0.307 e. The number of esters is 1. The fourth-order valence-corrected chi connectivity index (χ4v) is 5.57. The van der Waals surface area contributed by atoms with Gasteiger partial charge in [0.15, 0.2) is 0 Å². The van der Waals surface area contributed by atoms with Crippen molar-refractivity contribution in [3.05, 3.63) is 0 Å². The molecular weight excluding hydrogens is 484 g/mol. The number of carbonyl (C=O) groups is 3. The zero-order valence-electron chi connectivity index (χ0n) is 24.2. The number of hydrogen-bond acceptors (Lipinski definition) is 6. The molecule has 0 saturated heterocycles. The summed E-state index contributed by atoms with van der Waals surface area (Å²) in [7, 11) is 0. The Morgan fingerprint density at radius 1 is 0.974 bits per heavy atom. The van der Waals surface area contributed by atoms with Gasteiger partial charge in [-0.05, 0) is 38.5 Å². The van der Waals surface area contributed by atoms with Crippen LogP contribution in [0.5, 0.6) is 0 Å². The summed E-state index contributed by atoms with van der Waals surface area (Å²) in [6.07, 6.45) is 15.8. The normalized spacial score (nSPS) is 21.7. The quantitative estimate of drug-likeness (QED) is 0.150. The molecule has 1 unspecified atom stereocenters. The highest BCUT2D eigenvalue weighted by Crippen LogP contribution is 2.46. The Morgan fingerprint density at radius 2 is 1.61 bits per heavy atom. The topological polar surface area (TPSA) is 125 Å². The number of ether oxygens (including phenoxy) is 1. The van der Waals surface area contributed by atoms with Gasteiger partial charge >= 0.3 is 5.97 Å². The third-order valence-electron chi connectivity index (χ3n) is 8.63. The molecule has 2 saturated carbocycles. The number of carbonyl (C=O) groups excluding carboxylic acids is 3. The van der Waals surface area contributed by atoms with Crippen molar-refractivity contribution < 1.29 is 29.3 Å². The van der Waals surface area contributed by atoms with E-state index in [1.807, 2.05) is 0 Å². The maximum atomic E-state index is 13.4. The number of aliphatic hydroxyl groups excluding tert-OH is 2. The molecule has 0 aromatic heterocycles. The second kappa shape index (κ2) is 16.4. The van der Waals surface area contributed by atoms with Gasteiger partial charge in [0.05, 0.1) is 19.1 Å². The van der Waals surface area contributed by atoms with Gasteiger partial charge in [-0.3, -0.25) is 14.4 Å². The van der Waals surface area contributed by atoms with E-state index in [2.05, 4.69) is 17.6 Å². The van der Waals surface area contributed by atoms with E-state index in [0.29, 0.717) is 0 Å². The predicted molar refractivity (Wildman–Crippen MR) is 148 cm³/mol. The first-order chi connectivity index (χ1) is 18.1. The summed E-state index contributed by atoms with van der Waals surface area (Å²) >= 11 is 0. The second-order valence-electron chi connectivity index (χ2n) is 12.3. The highest BCUT2D eigenvalue weighted by molar-refractivity contribution is 5.84. The summed E-state index contributed by atoms with van der Waals surface area (Å²) in [4.78, 5) is 38.0. The Kier molecular flexibility index (Phi) is 14.1. The summed E-state index contributed by atoms with van der Waals surface area (Å²) in [6.45, 7) is 5.12. The van der Waals surface area contributed by atoms with Crippen LogP contribution in [-0.4, -0.2) is 59.4 Å². The van der Waals surface area contributed by atoms with Crippen LogP contribution in [0.3, 0.4) is 0 Å². The van der Waals surface area contributed by atoms with Crippen LogP contribution < -0.4 is 10.6 Å². The number of amides is 2. The lowest BCUT2D eigenvalue weighted by Gasteiger charge is -2.42. The minimum atomic E-state index is -1.37. The molecule has 2 rings (SSSR count). The van der Waals surface area contributed by atoms with Crippen LogP contribution in [0.1, 0.15) is 130 Å². The summed E-state index contributed by atoms with van der Waals surface area (Å²) in [5, 5.41) is 25.2. The van der Waals surface area contributed by atoms with Crippen molar-refractivity contribution in [2.45, 2.75) is 148 Å². The maximum absolute atomic E-state index is 13.4. The molecule has 0 aromatic carbocycles. The van der Waals surface area contributed by atoms with E-state index in [0.717, 1.165) is 57.8 Å². The number of hydrogen-bond donors (Lipinski definition) is 4. The van der Waals surface area contributed by atoms with Crippen molar-refractivity contribution in [2.75, 3.05) is 13.2 Å². The smallest absolute Gasteiger partial charge is 0.307 e. The summed E-state index contributed by atoms with van der Waals surface area (Å²) in [6, 6.07) is -0.169. The van der Waals surface area contributed by atoms with Gasteiger partial charge in [0.2, 0.25) is 11.8 Å². The number of unbranched alkanes of at least 4 members (excludes halogenated alkanes) is 7. The fraction of sp³-hybridized carbons (Fsp3) is 0.900. The zero-order valence-corrected chi connectivity index (χ0v) is 24.2. The first-order valence-electron chi connectivity index (χ1n) is 15.2. The molecule has 0 spiro atoms. The lowest BCUT2D eigenvalue weighted by molar-refractivity contribution is -0.154. The molecule has 3 atom stereocenters. The molecule has 0 heterocycles. The van der Waals surface area contributed by atoms with Gasteiger partial charge in [0.25, 0.3) is 0 Å². The molecule has 2 fully saturated rings. The van der Waals surface area contributed by atoms with Crippen molar-refractivity contribution in [3.8, 4) is 0 Å². The summed E-state index contributed by atoms with van der Waals surface area (Å²) < 4.78 is 5.75. The first-order valence-corrected chi connectivity index (χ1v) is 15.2. The van der Waals surface area contributed by atoms with Gasteiger partial charge in [-0.15, -0.1) is 0 Å². The average Bonchev–Trinajstić information content (AvgIpc) is 2.87. The molecule has 220 valence electrons. The largest absolute Gasteiger partial charge is 0.460 e. The fourth-order valence-electron chi connectivity index (χ4n) is 5.57. The minimum Gasteiger partial charge on any atom is -0.460 e. The van der Waals surface area contributed by atoms with Crippen LogP contribution in [0.15, 0.2) is 0 Å². The zero-order chi connectivity index (χ0) is 28.0. The third-order valence-corrected chi connectivity index (χ3v) is 8.63. The van der Waals surface area contributed by atoms with Crippen molar-refractivity contribution in [2.24, 2.45) is 10.8 Å². The van der Waals surface area contributed by atoms with Crippen LogP contribution in [0.2, 0.25) is 0 Å². The number of aliphatic hydroxyl groups is 2. The molecule has 0 aliphatic heterocycles. The van der Waals surface area contributed by atoms with Crippen molar-refractivity contribution in [1.29, 1.82) is 0 Å². The van der Waals surface area contributed by atoms with E-state index in [9.17, 15) is 24.6 Å². The van der Waals surface area contributed by atoms with E-state index < -0.39 is 23.4 Å². The van der Waals surface area contributed by atoms with E-state index in [-0.39, 0.29) is 43.0 Å². The second-order valence-corrected chi connectivity index (χ2v) is 12.3.